The van der Waals surface area contributed by atoms with E-state index in [-0.39, 0.29) is 51.8 Å². The van der Waals surface area contributed by atoms with Gasteiger partial charge >= 0.3 is 12.4 Å². The van der Waals surface area contributed by atoms with Crippen molar-refractivity contribution >= 4 is 235 Å². The van der Waals surface area contributed by atoms with E-state index in [4.69, 9.17) is 68.5 Å². The Morgan fingerprint density at radius 3 is 1.01 bits per heavy atom. The van der Waals surface area contributed by atoms with Gasteiger partial charge in [-0.1, -0.05) is 179 Å². The molecule has 6 heterocycles. The van der Waals surface area contributed by atoms with Gasteiger partial charge in [0.2, 0.25) is 5.91 Å². The van der Waals surface area contributed by atoms with Gasteiger partial charge in [-0.3, -0.25) is 63.0 Å². The highest BCUT2D eigenvalue weighted by atomic mass is 35.5. The summed E-state index contributed by atoms with van der Waals surface area (Å²) < 4.78 is 275. The molecular formula is C96H71Cl5F8N14O14S6. The van der Waals surface area contributed by atoms with Crippen LogP contribution in [0.1, 0.15) is 23.6 Å². The zero-order valence-corrected chi connectivity index (χ0v) is 82.1. The average Bonchev–Trinajstić information content (AvgIpc) is 0.772. The number of hydrogen-bond donors (Lipinski definition) is 8. The van der Waals surface area contributed by atoms with Gasteiger partial charge in [-0.25, -0.2) is 59.3 Å². The molecule has 28 nitrogen and oxygen atoms in total. The van der Waals surface area contributed by atoms with Crippen molar-refractivity contribution in [1.82, 2.24) is 29.9 Å². The van der Waals surface area contributed by atoms with E-state index >= 15 is 0 Å². The van der Waals surface area contributed by atoms with Gasteiger partial charge < -0.3 is 15.8 Å². The van der Waals surface area contributed by atoms with Crippen LogP contribution in [0.3, 0.4) is 0 Å². The lowest BCUT2D eigenvalue weighted by Gasteiger charge is -2.16. The molecule has 0 unspecified atom stereocenters. The lowest BCUT2D eigenvalue weighted by Crippen LogP contribution is -2.18. The van der Waals surface area contributed by atoms with Crippen molar-refractivity contribution in [2.45, 2.75) is 55.6 Å². The summed E-state index contributed by atoms with van der Waals surface area (Å²) in [6, 6.07) is 70.6. The third-order valence-electron chi connectivity index (χ3n) is 20.2. The maximum atomic E-state index is 13.7. The summed E-state index contributed by atoms with van der Waals surface area (Å²) in [6.45, 7) is 2.75. The van der Waals surface area contributed by atoms with Crippen LogP contribution in [0.5, 0.6) is 5.75 Å². The summed E-state index contributed by atoms with van der Waals surface area (Å²) in [5.74, 6) is -2.63. The third-order valence-corrected chi connectivity index (χ3v) is 31.0. The molecule has 47 heteroatoms. The normalized spacial score (nSPS) is 11.7. The molecule has 0 spiro atoms. The van der Waals surface area contributed by atoms with Crippen molar-refractivity contribution in [3.05, 3.63) is 376 Å². The largest absolute Gasteiger partial charge is 0.497 e. The van der Waals surface area contributed by atoms with Gasteiger partial charge in [-0.2, -0.15) is 26.3 Å². The number of methoxy groups -OCH3 is 1. The number of benzene rings is 12. The van der Waals surface area contributed by atoms with Crippen LogP contribution in [-0.2, 0) is 77.3 Å². The van der Waals surface area contributed by atoms with E-state index in [0.29, 0.717) is 107 Å². The SMILES string of the molecule is CC(=O)Nc1cc(C(F)(F)F)ccc1S(=O)(=O)Nc1cccc2cccnc12.COc1cc(NS(=O)(=O)c2ccc(C(F)(F)F)cc2N)c2ncccc2c1.Cc1c(Cl)cccc1S(=O)(=O)Nc1cccc2cccnc12.O=S(=O)(Nc1cccc2cccnc12)c1c(Cl)cccc1Cl.O=S(=O)(Nc1cccc2cccnc12)c1c(F)cccc1F.O=S(=O)(Nc1cccc2cccnc12)c1cccc(Cl)c1Cl. The number of fused-ring (bicyclic) bond motifs is 6. The fraction of sp³-hybridized carbons (Fsp3) is 0.0521. The van der Waals surface area contributed by atoms with E-state index in [1.807, 2.05) is 42.5 Å². The van der Waals surface area contributed by atoms with E-state index < -0.39 is 127 Å². The molecule has 18 rings (SSSR count). The fourth-order valence-corrected chi connectivity index (χ4v) is 22.9. The van der Waals surface area contributed by atoms with E-state index in [9.17, 15) is 90.4 Å². The molecule has 0 bridgehead atoms. The molecular weight excluding hydrogens is 2090 g/mol. The molecule has 18 aromatic rings. The number of sulfonamides is 6. The van der Waals surface area contributed by atoms with E-state index in [2.05, 4.69) is 63.6 Å². The lowest BCUT2D eigenvalue weighted by atomic mass is 10.2. The average molecular weight is 2170 g/mol. The molecule has 0 fully saturated rings. The highest BCUT2D eigenvalue weighted by Gasteiger charge is 2.36. The van der Waals surface area contributed by atoms with Gasteiger partial charge in [0.15, 0.2) is 4.90 Å². The van der Waals surface area contributed by atoms with Crippen LogP contribution in [0.2, 0.25) is 25.1 Å². The maximum Gasteiger partial charge on any atom is 0.416 e. The van der Waals surface area contributed by atoms with Gasteiger partial charge in [0.1, 0.15) is 37.0 Å². The van der Waals surface area contributed by atoms with E-state index in [1.54, 1.807) is 159 Å². The van der Waals surface area contributed by atoms with Crippen molar-refractivity contribution in [3.8, 4) is 5.75 Å². The number of hydrogen-bond acceptors (Lipinski definition) is 21. The number of carbonyl (C=O) groups is 1. The number of nitrogens with one attached hydrogen (secondary N) is 7. The molecule has 12 aromatic carbocycles. The van der Waals surface area contributed by atoms with Crippen molar-refractivity contribution in [2.24, 2.45) is 0 Å². The number of nitrogens with two attached hydrogens (primary N) is 1. The van der Waals surface area contributed by atoms with Crippen molar-refractivity contribution in [1.29, 1.82) is 0 Å². The van der Waals surface area contributed by atoms with Gasteiger partial charge in [-0.05, 0) is 170 Å². The molecule has 6 aromatic heterocycles. The molecule has 143 heavy (non-hydrogen) atoms. The number of pyridine rings is 6. The molecule has 0 saturated heterocycles. The minimum absolute atomic E-state index is 0.00939. The maximum absolute atomic E-state index is 13.7. The topological polar surface area (TPSA) is 419 Å². The first-order valence-electron chi connectivity index (χ1n) is 41.0. The van der Waals surface area contributed by atoms with Gasteiger partial charge in [0.25, 0.3) is 60.1 Å². The number of anilines is 8. The van der Waals surface area contributed by atoms with E-state index in [1.165, 1.54) is 80.3 Å². The second-order valence-corrected chi connectivity index (χ2v) is 41.8. The van der Waals surface area contributed by atoms with Crippen molar-refractivity contribution in [2.75, 3.05) is 46.5 Å². The Labute approximate surface area is 837 Å². The van der Waals surface area contributed by atoms with Crippen LogP contribution >= 0.6 is 58.0 Å². The molecule has 0 aliphatic carbocycles. The molecule has 0 saturated carbocycles. The Morgan fingerprint density at radius 1 is 0.315 bits per heavy atom. The summed E-state index contributed by atoms with van der Waals surface area (Å²) in [5, 5.41) is 7.38. The van der Waals surface area contributed by atoms with Crippen LogP contribution in [0.25, 0.3) is 65.4 Å². The van der Waals surface area contributed by atoms with E-state index in [0.717, 1.165) is 53.4 Å². The summed E-state index contributed by atoms with van der Waals surface area (Å²) >= 11 is 29.8. The molecule has 0 aliphatic heterocycles. The number of halogens is 13. The smallest absolute Gasteiger partial charge is 0.416 e. The molecule has 0 aliphatic rings. The van der Waals surface area contributed by atoms with Crippen molar-refractivity contribution < 1.29 is 95.2 Å². The van der Waals surface area contributed by atoms with Crippen LogP contribution in [0.4, 0.5) is 80.6 Å². The fourth-order valence-electron chi connectivity index (χ4n) is 13.7. The molecule has 0 radical (unpaired) electrons. The van der Waals surface area contributed by atoms with Crippen molar-refractivity contribution in [3.63, 3.8) is 0 Å². The molecule has 1 amide bonds. The number of amides is 1. The number of nitrogens with zero attached hydrogens (tertiary/aromatic N) is 6. The molecule has 736 valence electrons. The predicted molar refractivity (Wildman–Crippen MR) is 539 cm³/mol. The highest BCUT2D eigenvalue weighted by Crippen LogP contribution is 2.41. The van der Waals surface area contributed by atoms with Crippen LogP contribution in [-0.4, -0.2) is 93.4 Å². The Bertz CT molecular complexity index is 8320. The minimum atomic E-state index is -4.69. The first-order chi connectivity index (χ1) is 67.6. The summed E-state index contributed by atoms with van der Waals surface area (Å²) in [6.07, 6.45) is -0.0109. The lowest BCUT2D eigenvalue weighted by molar-refractivity contribution is -0.138. The van der Waals surface area contributed by atoms with Gasteiger partial charge in [0, 0.05) is 87.5 Å². The third kappa shape index (κ3) is 25.7. The summed E-state index contributed by atoms with van der Waals surface area (Å²) in [4.78, 5) is 34.4. The molecule has 0 atom stereocenters. The van der Waals surface area contributed by atoms with Crippen LogP contribution in [0.15, 0.2) is 352 Å². The monoisotopic (exact) mass is 2160 g/mol. The van der Waals surface area contributed by atoms with Crippen LogP contribution in [0, 0.1) is 18.6 Å². The second-order valence-electron chi connectivity index (χ2n) is 29.9. The number of rotatable bonds is 20. The highest BCUT2D eigenvalue weighted by molar-refractivity contribution is 7.94. The summed E-state index contributed by atoms with van der Waals surface area (Å²) in [7, 11) is -23.1. The van der Waals surface area contributed by atoms with Crippen LogP contribution < -0.4 is 44.1 Å². The zero-order valence-electron chi connectivity index (χ0n) is 73.4. The summed E-state index contributed by atoms with van der Waals surface area (Å²) in [5.41, 5.74) is 7.45. The van der Waals surface area contributed by atoms with Gasteiger partial charge in [0.05, 0.1) is 122 Å². The van der Waals surface area contributed by atoms with Gasteiger partial charge in [-0.15, -0.1) is 0 Å². The number of para-hydroxylation sites is 5. The second kappa shape index (κ2) is 44.4. The number of aromatic nitrogens is 6. The number of alkyl halides is 6. The Hall–Kier alpha value is -14.4. The Morgan fingerprint density at radius 2 is 0.615 bits per heavy atom. The Balaban J connectivity index is 0.000000144. The minimum Gasteiger partial charge on any atom is -0.497 e. The molecule has 9 N–H and O–H groups in total. The number of nitrogen functional groups attached to an aromatic ring is 1. The predicted octanol–water partition coefficient (Wildman–Crippen LogP) is 23.7. The first kappa shape index (κ1) is 106. The number of ether oxygens (including phenoxy) is 1. The zero-order chi connectivity index (χ0) is 103. The standard InChI is InChI=1S/C18H14F3N3O3S.C17H14F3N3O3S.C16H13ClN2O2S.2C15H10Cl2N2O2S.C15H10F2N2O2S/c1-11(25)23-15-10-13(18(19,20)21)7-8-16(15)28(26,27)24-14-6-2-4-12-5-3-9-22-17(12)14;1-26-12-7-10-3-2-6-22-16(10)14(9-12)23-27(24,25)15-5-4-11(8-13(15)21)17(18,19)20;1-11-13(17)7-3-9-15(11)22(20,21)19-14-8-2-5-12-6-4-10-18-16(12)14;16-11-6-2-7-12(17)15(11)22(20,21)19-13-8-1-4-10-5-3-9-18-14(10)13;16-11-6-2-8-13(14(11)17)22(20,21)19-12-7-1-4-10-5-3-9-18-15(10)12;16-11-6-2-7-12(17)15(11)22(20,21)19-13-8-1-4-10-5-3-9-18-14(10)13/h2-10,24H,1H3,(H,23,25);2-9,23H,21H2,1H3;2-10,19H,1H3;3*1-9,19H. The Kier molecular flexibility index (Phi) is 32.9. The number of carbonyl (C=O) groups excluding carboxylic acids is 1. The quantitative estimate of drug-likeness (QED) is 0.0259. The first-order valence-corrected chi connectivity index (χ1v) is 51.8.